The number of aromatic amines is 1. The Labute approximate surface area is 170 Å². The molecule has 0 radical (unpaired) electrons. The van der Waals surface area contributed by atoms with Crippen molar-refractivity contribution in [1.82, 2.24) is 20.2 Å². The van der Waals surface area contributed by atoms with Crippen LogP contribution in [0.2, 0.25) is 0 Å². The topological polar surface area (TPSA) is 113 Å². The summed E-state index contributed by atoms with van der Waals surface area (Å²) in [6.07, 6.45) is 0.246. The molecule has 2 heterocycles. The van der Waals surface area contributed by atoms with Crippen LogP contribution < -0.4 is 16.6 Å². The lowest BCUT2D eigenvalue weighted by Crippen LogP contribution is -2.46. The number of anilines is 1. The van der Waals surface area contributed by atoms with Crippen LogP contribution in [0, 0.1) is 0 Å². The molecule has 2 aromatic rings. The number of benzene rings is 1. The van der Waals surface area contributed by atoms with Crippen molar-refractivity contribution in [1.29, 1.82) is 0 Å². The van der Waals surface area contributed by atoms with Gasteiger partial charge in [0.05, 0.1) is 11.3 Å². The Morgan fingerprint density at radius 3 is 2.69 bits per heavy atom. The molecule has 1 aliphatic heterocycles. The number of H-pyrrole nitrogens is 1. The summed E-state index contributed by atoms with van der Waals surface area (Å²) < 4.78 is 5.29. The van der Waals surface area contributed by atoms with Crippen molar-refractivity contribution >= 4 is 11.8 Å². The Morgan fingerprint density at radius 2 is 2.03 bits per heavy atom. The Balaban J connectivity index is 1.66. The van der Waals surface area contributed by atoms with E-state index in [2.05, 4.69) is 20.2 Å². The fraction of sp³-hybridized carbons (Fsp3) is 0.476. The SMILES string of the molecule is CC(CN1CCc2nc(-c3ccc(N)cc3)[nH]c(=O)c2C1)NC(=O)OC(C)(C)C. The Kier molecular flexibility index (Phi) is 5.93. The number of aromatic nitrogens is 2. The maximum absolute atomic E-state index is 12.7. The molecular weight excluding hydrogens is 370 g/mol. The summed E-state index contributed by atoms with van der Waals surface area (Å²) in [4.78, 5) is 34.3. The van der Waals surface area contributed by atoms with Crippen molar-refractivity contribution in [3.8, 4) is 11.4 Å². The van der Waals surface area contributed by atoms with Gasteiger partial charge < -0.3 is 20.8 Å². The number of ether oxygens (including phenoxy) is 1. The molecule has 1 aromatic heterocycles. The molecule has 8 heteroatoms. The lowest BCUT2D eigenvalue weighted by molar-refractivity contribution is 0.0495. The molecule has 8 nitrogen and oxygen atoms in total. The predicted molar refractivity (Wildman–Crippen MR) is 113 cm³/mol. The van der Waals surface area contributed by atoms with E-state index in [1.165, 1.54) is 0 Å². The summed E-state index contributed by atoms with van der Waals surface area (Å²) in [5.74, 6) is 0.558. The molecule has 29 heavy (non-hydrogen) atoms. The van der Waals surface area contributed by atoms with E-state index in [4.69, 9.17) is 10.5 Å². The van der Waals surface area contributed by atoms with E-state index in [0.29, 0.717) is 36.6 Å². The fourth-order valence-electron chi connectivity index (χ4n) is 3.36. The predicted octanol–water partition coefficient (Wildman–Crippen LogP) is 2.29. The summed E-state index contributed by atoms with van der Waals surface area (Å²) in [7, 11) is 0. The average Bonchev–Trinajstić information content (AvgIpc) is 2.61. The largest absolute Gasteiger partial charge is 0.444 e. The van der Waals surface area contributed by atoms with Crippen molar-refractivity contribution in [3.05, 3.63) is 45.9 Å². The van der Waals surface area contributed by atoms with Crippen LogP contribution in [0.3, 0.4) is 0 Å². The molecule has 1 amide bonds. The van der Waals surface area contributed by atoms with E-state index in [-0.39, 0.29) is 11.6 Å². The van der Waals surface area contributed by atoms with E-state index in [9.17, 15) is 9.59 Å². The average molecular weight is 399 g/mol. The molecule has 1 unspecified atom stereocenters. The standard InChI is InChI=1S/C21H29N5O3/c1-13(23-20(28)29-21(2,3)4)11-26-10-9-17-16(12-26)19(27)25-18(24-17)14-5-7-15(22)8-6-14/h5-8,13H,9-12,22H2,1-4H3,(H,23,28)(H,24,25,27). The van der Waals surface area contributed by atoms with Crippen LogP contribution in [0.4, 0.5) is 10.5 Å². The third kappa shape index (κ3) is 5.57. The smallest absolute Gasteiger partial charge is 0.407 e. The first-order chi connectivity index (χ1) is 13.6. The highest BCUT2D eigenvalue weighted by Gasteiger charge is 2.24. The molecule has 156 valence electrons. The fourth-order valence-corrected chi connectivity index (χ4v) is 3.36. The number of hydrogen-bond acceptors (Lipinski definition) is 6. The van der Waals surface area contributed by atoms with Gasteiger partial charge in [0, 0.05) is 43.3 Å². The van der Waals surface area contributed by atoms with Gasteiger partial charge in [0.1, 0.15) is 11.4 Å². The third-order valence-corrected chi connectivity index (χ3v) is 4.63. The minimum absolute atomic E-state index is 0.104. The lowest BCUT2D eigenvalue weighted by atomic mass is 10.1. The number of amides is 1. The van der Waals surface area contributed by atoms with Crippen LogP contribution in [0.15, 0.2) is 29.1 Å². The highest BCUT2D eigenvalue weighted by molar-refractivity contribution is 5.68. The summed E-state index contributed by atoms with van der Waals surface area (Å²) in [5, 5.41) is 2.84. The first-order valence-corrected chi connectivity index (χ1v) is 9.80. The first kappa shape index (κ1) is 20.9. The zero-order valence-electron chi connectivity index (χ0n) is 17.4. The lowest BCUT2D eigenvalue weighted by Gasteiger charge is -2.30. The number of fused-ring (bicyclic) bond motifs is 1. The van der Waals surface area contributed by atoms with Gasteiger partial charge in [-0.2, -0.15) is 0 Å². The van der Waals surface area contributed by atoms with Crippen LogP contribution in [0.5, 0.6) is 0 Å². The van der Waals surface area contributed by atoms with Crippen LogP contribution in [-0.2, 0) is 17.7 Å². The number of alkyl carbamates (subject to hydrolysis) is 1. The molecule has 4 N–H and O–H groups in total. The Bertz CT molecular complexity index is 931. The van der Waals surface area contributed by atoms with Gasteiger partial charge in [-0.05, 0) is 52.0 Å². The van der Waals surface area contributed by atoms with Crippen molar-refractivity contribution < 1.29 is 9.53 Å². The van der Waals surface area contributed by atoms with Gasteiger partial charge in [0.25, 0.3) is 5.56 Å². The minimum atomic E-state index is -0.533. The monoisotopic (exact) mass is 399 g/mol. The van der Waals surface area contributed by atoms with Gasteiger partial charge in [0.15, 0.2) is 0 Å². The number of nitrogens with zero attached hydrogens (tertiary/aromatic N) is 2. The second-order valence-electron chi connectivity index (χ2n) is 8.49. The maximum atomic E-state index is 12.7. The van der Waals surface area contributed by atoms with Gasteiger partial charge in [-0.3, -0.25) is 9.69 Å². The number of nitrogens with two attached hydrogens (primary N) is 1. The zero-order valence-corrected chi connectivity index (χ0v) is 17.4. The normalized spacial score (nSPS) is 15.4. The molecule has 0 bridgehead atoms. The van der Waals surface area contributed by atoms with E-state index in [1.807, 2.05) is 39.8 Å². The van der Waals surface area contributed by atoms with Crippen LogP contribution in [0.25, 0.3) is 11.4 Å². The molecule has 0 aliphatic carbocycles. The summed E-state index contributed by atoms with van der Waals surface area (Å²) in [5.41, 5.74) is 8.07. The number of carbonyl (C=O) groups excluding carboxylic acids is 1. The van der Waals surface area contributed by atoms with Crippen molar-refractivity contribution in [2.45, 2.75) is 52.3 Å². The minimum Gasteiger partial charge on any atom is -0.444 e. The number of carbonyl (C=O) groups is 1. The van der Waals surface area contributed by atoms with E-state index in [0.717, 1.165) is 17.8 Å². The van der Waals surface area contributed by atoms with Crippen LogP contribution in [0.1, 0.15) is 39.0 Å². The van der Waals surface area contributed by atoms with Crippen LogP contribution >= 0.6 is 0 Å². The molecular formula is C21H29N5O3. The molecule has 1 aromatic carbocycles. The zero-order chi connectivity index (χ0) is 21.2. The van der Waals surface area contributed by atoms with Crippen molar-refractivity contribution in [2.24, 2.45) is 0 Å². The Hall–Kier alpha value is -2.87. The quantitative estimate of drug-likeness (QED) is 0.680. The van der Waals surface area contributed by atoms with Crippen molar-refractivity contribution in [2.75, 3.05) is 18.8 Å². The summed E-state index contributed by atoms with van der Waals surface area (Å²) in [6.45, 7) is 9.30. The number of nitrogens with one attached hydrogen (secondary N) is 2. The number of hydrogen-bond donors (Lipinski definition) is 3. The van der Waals surface area contributed by atoms with Gasteiger partial charge in [-0.15, -0.1) is 0 Å². The molecule has 0 fully saturated rings. The van der Waals surface area contributed by atoms with Gasteiger partial charge >= 0.3 is 6.09 Å². The van der Waals surface area contributed by atoms with E-state index < -0.39 is 11.7 Å². The maximum Gasteiger partial charge on any atom is 0.407 e. The van der Waals surface area contributed by atoms with Crippen LogP contribution in [-0.4, -0.2) is 45.7 Å². The molecule has 0 saturated carbocycles. The second-order valence-corrected chi connectivity index (χ2v) is 8.49. The highest BCUT2D eigenvalue weighted by atomic mass is 16.6. The van der Waals surface area contributed by atoms with Gasteiger partial charge in [-0.25, -0.2) is 9.78 Å². The molecule has 0 spiro atoms. The molecule has 3 rings (SSSR count). The summed E-state index contributed by atoms with van der Waals surface area (Å²) in [6, 6.07) is 7.16. The number of nitrogen functional groups attached to an aromatic ring is 1. The Morgan fingerprint density at radius 1 is 1.34 bits per heavy atom. The van der Waals surface area contributed by atoms with E-state index >= 15 is 0 Å². The number of rotatable bonds is 4. The molecule has 1 aliphatic rings. The van der Waals surface area contributed by atoms with Gasteiger partial charge in [-0.1, -0.05) is 0 Å². The third-order valence-electron chi connectivity index (χ3n) is 4.63. The molecule has 1 atom stereocenters. The van der Waals surface area contributed by atoms with E-state index in [1.54, 1.807) is 12.1 Å². The molecule has 0 saturated heterocycles. The highest BCUT2D eigenvalue weighted by Crippen LogP contribution is 2.20. The van der Waals surface area contributed by atoms with Gasteiger partial charge in [0.2, 0.25) is 0 Å². The van der Waals surface area contributed by atoms with Crippen molar-refractivity contribution in [3.63, 3.8) is 0 Å². The second kappa shape index (κ2) is 8.24. The first-order valence-electron chi connectivity index (χ1n) is 9.80. The summed E-state index contributed by atoms with van der Waals surface area (Å²) >= 11 is 0.